The van der Waals surface area contributed by atoms with E-state index in [9.17, 15) is 14.9 Å². The second-order valence-corrected chi connectivity index (χ2v) is 4.77. The molecule has 0 spiro atoms. The molecule has 0 saturated heterocycles. The molecule has 2 rings (SSSR count). The van der Waals surface area contributed by atoms with Crippen molar-refractivity contribution in [1.29, 1.82) is 0 Å². The van der Waals surface area contributed by atoms with Crippen LogP contribution in [0.15, 0.2) is 42.5 Å². The lowest BCUT2D eigenvalue weighted by molar-refractivity contribution is -0.385. The number of aryl methyl sites for hydroxylation is 1. The number of nitrogens with one attached hydrogen (secondary N) is 1. The summed E-state index contributed by atoms with van der Waals surface area (Å²) < 4.78 is 10.4. The number of amides is 1. The largest absolute Gasteiger partial charge is 0.497 e. The number of rotatable bonds is 6. The Labute approximate surface area is 133 Å². The molecule has 1 amide bonds. The zero-order valence-electron chi connectivity index (χ0n) is 12.7. The van der Waals surface area contributed by atoms with Crippen LogP contribution in [0.1, 0.15) is 5.56 Å². The number of carbonyl (C=O) groups excluding carboxylic acids is 1. The summed E-state index contributed by atoms with van der Waals surface area (Å²) in [6.07, 6.45) is 0. The Bertz CT molecular complexity index is 713. The van der Waals surface area contributed by atoms with E-state index in [4.69, 9.17) is 9.47 Å². The molecule has 0 heterocycles. The zero-order valence-corrected chi connectivity index (χ0v) is 12.7. The molecule has 0 aromatic heterocycles. The van der Waals surface area contributed by atoms with Crippen LogP contribution in [0.3, 0.4) is 0 Å². The molecule has 0 aliphatic heterocycles. The van der Waals surface area contributed by atoms with Gasteiger partial charge >= 0.3 is 0 Å². The monoisotopic (exact) mass is 316 g/mol. The van der Waals surface area contributed by atoms with Gasteiger partial charge in [0.15, 0.2) is 6.61 Å². The molecule has 0 aliphatic rings. The number of hydrogen-bond donors (Lipinski definition) is 1. The number of carbonyl (C=O) groups is 1. The molecule has 0 bridgehead atoms. The normalized spacial score (nSPS) is 10.0. The summed E-state index contributed by atoms with van der Waals surface area (Å²) in [4.78, 5) is 22.2. The minimum atomic E-state index is -0.487. The number of benzene rings is 2. The average molecular weight is 316 g/mol. The molecular weight excluding hydrogens is 300 g/mol. The molecule has 0 saturated carbocycles. The van der Waals surface area contributed by atoms with Gasteiger partial charge < -0.3 is 14.8 Å². The predicted octanol–water partition coefficient (Wildman–Crippen LogP) is 2.93. The van der Waals surface area contributed by atoms with Gasteiger partial charge in [0, 0.05) is 17.3 Å². The average Bonchev–Trinajstić information content (AvgIpc) is 2.55. The minimum Gasteiger partial charge on any atom is -0.497 e. The van der Waals surface area contributed by atoms with Gasteiger partial charge in [-0.2, -0.15) is 0 Å². The van der Waals surface area contributed by atoms with Crippen molar-refractivity contribution < 1.29 is 19.2 Å². The van der Waals surface area contributed by atoms with E-state index < -0.39 is 10.8 Å². The van der Waals surface area contributed by atoms with Crippen LogP contribution in [0.25, 0.3) is 0 Å². The quantitative estimate of drug-likeness (QED) is 0.653. The zero-order chi connectivity index (χ0) is 16.8. The van der Waals surface area contributed by atoms with Gasteiger partial charge in [-0.25, -0.2) is 0 Å². The molecule has 23 heavy (non-hydrogen) atoms. The van der Waals surface area contributed by atoms with Crippen molar-refractivity contribution in [2.24, 2.45) is 0 Å². The van der Waals surface area contributed by atoms with E-state index in [1.54, 1.807) is 50.4 Å². The van der Waals surface area contributed by atoms with Crippen LogP contribution in [0.5, 0.6) is 11.5 Å². The smallest absolute Gasteiger partial charge is 0.274 e. The lowest BCUT2D eigenvalue weighted by Gasteiger charge is -2.08. The highest BCUT2D eigenvalue weighted by Crippen LogP contribution is 2.22. The van der Waals surface area contributed by atoms with Crippen LogP contribution in [0, 0.1) is 17.0 Å². The molecule has 0 unspecified atom stereocenters. The fourth-order valence-electron chi connectivity index (χ4n) is 1.90. The van der Waals surface area contributed by atoms with Gasteiger partial charge in [-0.1, -0.05) is 6.07 Å². The number of nitro benzene ring substituents is 1. The highest BCUT2D eigenvalue weighted by Gasteiger charge is 2.12. The van der Waals surface area contributed by atoms with Gasteiger partial charge in [-0.05, 0) is 37.3 Å². The lowest BCUT2D eigenvalue weighted by Crippen LogP contribution is -2.20. The molecule has 120 valence electrons. The fourth-order valence-corrected chi connectivity index (χ4v) is 1.90. The first-order valence-corrected chi connectivity index (χ1v) is 6.81. The maximum absolute atomic E-state index is 11.8. The maximum atomic E-state index is 11.8. The van der Waals surface area contributed by atoms with Crippen molar-refractivity contribution >= 4 is 17.3 Å². The van der Waals surface area contributed by atoms with Crippen molar-refractivity contribution in [1.82, 2.24) is 0 Å². The summed E-state index contributed by atoms with van der Waals surface area (Å²) in [6.45, 7) is 1.44. The van der Waals surface area contributed by atoms with Gasteiger partial charge in [-0.15, -0.1) is 0 Å². The number of nitro groups is 1. The molecule has 2 aromatic carbocycles. The first-order valence-electron chi connectivity index (χ1n) is 6.81. The number of nitrogens with zero attached hydrogens (tertiary/aromatic N) is 1. The summed E-state index contributed by atoms with van der Waals surface area (Å²) in [6, 6.07) is 11.3. The third-order valence-electron chi connectivity index (χ3n) is 3.12. The lowest BCUT2D eigenvalue weighted by atomic mass is 10.2. The Morgan fingerprint density at radius 2 is 1.83 bits per heavy atom. The van der Waals surface area contributed by atoms with E-state index in [-0.39, 0.29) is 12.3 Å². The van der Waals surface area contributed by atoms with Gasteiger partial charge in [0.05, 0.1) is 12.0 Å². The number of anilines is 1. The second-order valence-electron chi connectivity index (χ2n) is 4.77. The van der Waals surface area contributed by atoms with Crippen molar-refractivity contribution in [2.45, 2.75) is 6.92 Å². The summed E-state index contributed by atoms with van der Waals surface area (Å²) in [5.74, 6) is 0.809. The van der Waals surface area contributed by atoms with E-state index in [0.29, 0.717) is 22.7 Å². The van der Waals surface area contributed by atoms with E-state index >= 15 is 0 Å². The first-order chi connectivity index (χ1) is 11.0. The molecule has 0 atom stereocenters. The third-order valence-corrected chi connectivity index (χ3v) is 3.12. The maximum Gasteiger partial charge on any atom is 0.274 e. The van der Waals surface area contributed by atoms with Gasteiger partial charge in [0.2, 0.25) is 0 Å². The van der Waals surface area contributed by atoms with E-state index in [1.807, 2.05) is 0 Å². The van der Waals surface area contributed by atoms with Gasteiger partial charge in [0.1, 0.15) is 11.5 Å². The van der Waals surface area contributed by atoms with E-state index in [2.05, 4.69) is 5.32 Å². The van der Waals surface area contributed by atoms with Crippen molar-refractivity contribution in [3.8, 4) is 11.5 Å². The van der Waals surface area contributed by atoms with Crippen molar-refractivity contribution in [3.63, 3.8) is 0 Å². The summed E-state index contributed by atoms with van der Waals surface area (Å²) >= 11 is 0. The molecule has 7 heteroatoms. The molecule has 7 nitrogen and oxygen atoms in total. The van der Waals surface area contributed by atoms with E-state index in [1.165, 1.54) is 6.07 Å². The predicted molar refractivity (Wildman–Crippen MR) is 85.0 cm³/mol. The molecular formula is C16H16N2O5. The molecule has 0 aliphatic carbocycles. The first kappa shape index (κ1) is 16.3. The highest BCUT2D eigenvalue weighted by atomic mass is 16.6. The number of ether oxygens (including phenoxy) is 2. The van der Waals surface area contributed by atoms with E-state index in [0.717, 1.165) is 0 Å². The van der Waals surface area contributed by atoms with Gasteiger partial charge in [0.25, 0.3) is 11.6 Å². The summed E-state index contributed by atoms with van der Waals surface area (Å²) in [5.41, 5.74) is 0.840. The van der Waals surface area contributed by atoms with Crippen LogP contribution in [-0.4, -0.2) is 24.5 Å². The van der Waals surface area contributed by atoms with Crippen LogP contribution < -0.4 is 14.8 Å². The van der Waals surface area contributed by atoms with Crippen LogP contribution in [0.4, 0.5) is 11.4 Å². The molecule has 0 fully saturated rings. The Morgan fingerprint density at radius 3 is 2.43 bits per heavy atom. The van der Waals surface area contributed by atoms with Crippen LogP contribution in [0.2, 0.25) is 0 Å². The minimum absolute atomic E-state index is 0.0427. The Kier molecular flexibility index (Phi) is 5.14. The topological polar surface area (TPSA) is 90.7 Å². The SMILES string of the molecule is COc1ccc(OCC(=O)Nc2ccc(C)c([N+](=O)[O-])c2)cc1. The van der Waals surface area contributed by atoms with Crippen molar-refractivity contribution in [2.75, 3.05) is 19.0 Å². The summed E-state index contributed by atoms with van der Waals surface area (Å²) in [7, 11) is 1.56. The molecule has 0 radical (unpaired) electrons. The Morgan fingerprint density at radius 1 is 1.17 bits per heavy atom. The van der Waals surface area contributed by atoms with Crippen LogP contribution >= 0.6 is 0 Å². The Balaban J connectivity index is 1.94. The van der Waals surface area contributed by atoms with Crippen LogP contribution in [-0.2, 0) is 4.79 Å². The van der Waals surface area contributed by atoms with Gasteiger partial charge in [-0.3, -0.25) is 14.9 Å². The highest BCUT2D eigenvalue weighted by molar-refractivity contribution is 5.92. The number of methoxy groups -OCH3 is 1. The third kappa shape index (κ3) is 4.44. The molecule has 1 N–H and O–H groups in total. The summed E-state index contributed by atoms with van der Waals surface area (Å²) in [5, 5.41) is 13.4. The number of hydrogen-bond acceptors (Lipinski definition) is 5. The standard InChI is InChI=1S/C16H16N2O5/c1-11-3-4-12(9-15(11)18(20)21)17-16(19)10-23-14-7-5-13(22-2)6-8-14/h3-9H,10H2,1-2H3,(H,17,19). The fraction of sp³-hybridized carbons (Fsp3) is 0.188. The van der Waals surface area contributed by atoms with Crippen molar-refractivity contribution in [3.05, 3.63) is 58.1 Å². The second kappa shape index (κ2) is 7.26. The molecule has 2 aromatic rings. The Hall–Kier alpha value is -3.09.